The number of carboxylic acids is 1. The number of hydrogen-bond acceptors (Lipinski definition) is 56. The first-order chi connectivity index (χ1) is 63.1. The molecule has 0 aromatic heterocycles. The van der Waals surface area contributed by atoms with Crippen molar-refractivity contribution in [1.29, 1.82) is 0 Å². The molecule has 63 heteroatoms. The van der Waals surface area contributed by atoms with Gasteiger partial charge in [0, 0.05) is 27.2 Å². The van der Waals surface area contributed by atoms with Crippen LogP contribution >= 0.6 is 0 Å². The van der Waals surface area contributed by atoms with Gasteiger partial charge in [-0.05, 0) is 0 Å². The zero-order valence-corrected chi connectivity index (χ0v) is 71.5. The highest BCUT2D eigenvalue weighted by atomic mass is 32.3. The van der Waals surface area contributed by atoms with Crippen LogP contribution in [-0.4, -0.2) is 581 Å². The lowest BCUT2D eigenvalue weighted by Crippen LogP contribution is -2.72. The van der Waals surface area contributed by atoms with E-state index in [1.54, 1.807) is 0 Å². The highest BCUT2D eigenvalue weighted by Crippen LogP contribution is 2.43. The summed E-state index contributed by atoms with van der Waals surface area (Å²) in [5, 5.41) is 343. The largest absolute Gasteiger partial charge is 0.477 e. The number of carbonyl (C=O) groups is 5. The molecule has 35 N–H and O–H groups in total. The first-order valence-corrected chi connectivity index (χ1v) is 43.0. The predicted molar refractivity (Wildman–Crippen MR) is 405 cm³/mol. The topological polar surface area (TPSA) is 979 Å². The minimum absolute atomic E-state index is 0.770. The predicted octanol–water partition coefficient (Wildman–Crippen LogP) is -24.2. The van der Waals surface area contributed by atoms with Gasteiger partial charge in [0.05, 0.1) is 78.2 Å². The number of aliphatic hydroxyl groups excluding tert-OH is 29. The summed E-state index contributed by atoms with van der Waals surface area (Å²) in [5.41, 5.74) is 0. The van der Waals surface area contributed by atoms with Crippen molar-refractivity contribution >= 4 is 40.0 Å². The summed E-state index contributed by atoms with van der Waals surface area (Å²) < 4.78 is 152. The van der Waals surface area contributed by atoms with Gasteiger partial charge >= 0.3 is 16.4 Å². The van der Waals surface area contributed by atoms with Gasteiger partial charge in [0.15, 0.2) is 56.6 Å². The van der Waals surface area contributed by atoms with Crippen molar-refractivity contribution in [2.75, 3.05) is 72.7 Å². The third-order valence-corrected chi connectivity index (χ3v) is 24.2. The van der Waals surface area contributed by atoms with Crippen LogP contribution in [0.5, 0.6) is 0 Å². The van der Waals surface area contributed by atoms with E-state index < -0.39 is 432 Å². The van der Waals surface area contributed by atoms with E-state index in [1.807, 2.05) is 5.32 Å². The Labute approximate surface area is 755 Å². The molecule has 10 aliphatic rings. The van der Waals surface area contributed by atoms with Crippen LogP contribution in [0.2, 0.25) is 0 Å². The highest BCUT2D eigenvalue weighted by molar-refractivity contribution is 7.80. The standard InChI is InChI=1S/C71H118N4O58S/c1-16(85)72-32-42(98)52(25(10-81)116-61(32)108)125-62-33(73-17(2)86)43(99)53(26(11-82)121-62)126-67-50(106)58(41(97)29(124-67)15-115-65-49(105)57(128-66-48(104)45(101)37(93)22(7-78)119-66)40(96)28(123-65)14-114-64-47(103)44(100)36(92)21(6-77)118-64)129-69-60(46(102)38(94)23(8-79)120-69)130-63-34(74-18(3)87)55(39(95)24(9-80)117-63)127-68-51(107)59(54(27(12-83)122-68)133-134(111,112)113)132-71(70(109)110)4-19(88)31(75-30(90)13-84)56(131-71)35(91)20(89)5-76/h19-29,31-69,76-84,88-89,91-108H,4-15H2,1-3H3,(H,72,85)(H,73,86)(H,74,87)(H,75,90)(H,109,110)(H,111,112,113)/t19-,20+,21+,22+,23+,24+,25+,26+,27+,28+,29+,31+,32+,33+,34+,35+,36+,37+,38+,39+,40+,41+,42+,43+,44-,45-,46-,47-,48-,49-,50-,51+,52+,53+,54-,55+,56+,57-,58-,59+,60-,61+,62-,63-,64-,65-,66+,67-,68-,69+,71-/m0/s1. The number of carbonyl (C=O) groups excluding carboxylic acids is 4. The lowest BCUT2D eigenvalue weighted by atomic mass is 9.88. The number of ether oxygens (including phenoxy) is 19. The second kappa shape index (κ2) is 47.9. The maximum absolute atomic E-state index is 13.6. The number of aliphatic carboxylic acids is 1. The quantitative estimate of drug-likeness (QED) is 0.0255. The highest BCUT2D eigenvalue weighted by Gasteiger charge is 2.65. The zero-order valence-electron chi connectivity index (χ0n) is 70.6. The molecule has 0 unspecified atom stereocenters. The molecule has 0 spiro atoms. The minimum atomic E-state index is -5.93. The van der Waals surface area contributed by atoms with E-state index in [1.165, 1.54) is 0 Å². The Morgan fingerprint density at radius 3 is 1.22 bits per heavy atom. The van der Waals surface area contributed by atoms with Crippen molar-refractivity contribution in [3.63, 3.8) is 0 Å². The Balaban J connectivity index is 1.01. The van der Waals surface area contributed by atoms with Crippen LogP contribution in [-0.2, 0) is 129 Å². The summed E-state index contributed by atoms with van der Waals surface area (Å²) in [6, 6.07) is -8.12. The summed E-state index contributed by atoms with van der Waals surface area (Å²) in [4.78, 5) is 64.9. The van der Waals surface area contributed by atoms with Crippen LogP contribution in [0.1, 0.15) is 27.2 Å². The van der Waals surface area contributed by atoms with Gasteiger partial charge in [0.2, 0.25) is 23.6 Å². The summed E-state index contributed by atoms with van der Waals surface area (Å²) in [6.07, 6.45) is -108. The first-order valence-electron chi connectivity index (χ1n) is 41.6. The summed E-state index contributed by atoms with van der Waals surface area (Å²) >= 11 is 0. The number of rotatable bonds is 38. The van der Waals surface area contributed by atoms with Gasteiger partial charge in [-0.3, -0.25) is 23.7 Å². The molecule has 0 bridgehead atoms. The van der Waals surface area contributed by atoms with Crippen molar-refractivity contribution in [1.82, 2.24) is 21.3 Å². The molecule has 0 aromatic rings. The van der Waals surface area contributed by atoms with Crippen molar-refractivity contribution in [2.45, 2.75) is 340 Å². The van der Waals surface area contributed by atoms with E-state index in [2.05, 4.69) is 16.0 Å². The Bertz CT molecular complexity index is 3850. The van der Waals surface area contributed by atoms with E-state index >= 15 is 0 Å². The van der Waals surface area contributed by atoms with E-state index in [0.29, 0.717) is 0 Å². The molecule has 0 aromatic carbocycles. The molecular formula is C71H118N4O58S. The van der Waals surface area contributed by atoms with Crippen LogP contribution in [0.4, 0.5) is 0 Å². The summed E-state index contributed by atoms with van der Waals surface area (Å²) in [7, 11) is -5.93. The van der Waals surface area contributed by atoms with Crippen LogP contribution in [0.3, 0.4) is 0 Å². The fraction of sp³-hybridized carbons (Fsp3) is 0.930. The maximum Gasteiger partial charge on any atom is 0.397 e. The molecule has 0 radical (unpaired) electrons. The molecule has 0 aliphatic carbocycles. The molecule has 10 fully saturated rings. The summed E-state index contributed by atoms with van der Waals surface area (Å²) in [5.74, 6) is -10.4. The van der Waals surface area contributed by atoms with Crippen LogP contribution in [0.25, 0.3) is 0 Å². The van der Waals surface area contributed by atoms with Gasteiger partial charge in [0.1, 0.15) is 244 Å². The van der Waals surface area contributed by atoms with Crippen LogP contribution in [0.15, 0.2) is 0 Å². The third-order valence-electron chi connectivity index (χ3n) is 23.7. The number of hydrogen-bond donors (Lipinski definition) is 35. The number of amides is 4. The lowest BCUT2D eigenvalue weighted by Gasteiger charge is -2.52. The van der Waals surface area contributed by atoms with E-state index in [9.17, 15) is 190 Å². The smallest absolute Gasteiger partial charge is 0.397 e. The molecular weight excluding hydrogens is 1870 g/mol. The molecule has 4 amide bonds. The van der Waals surface area contributed by atoms with Gasteiger partial charge in [-0.1, -0.05) is 0 Å². The fourth-order valence-electron chi connectivity index (χ4n) is 16.8. The average molecular weight is 1990 g/mol. The lowest BCUT2D eigenvalue weighted by molar-refractivity contribution is -0.400. The van der Waals surface area contributed by atoms with Crippen molar-refractivity contribution < 1.29 is 284 Å². The molecule has 0 saturated carbocycles. The van der Waals surface area contributed by atoms with E-state index in [-0.39, 0.29) is 0 Å². The number of nitrogens with one attached hydrogen (secondary N) is 4. The Morgan fingerprint density at radius 1 is 0.358 bits per heavy atom. The van der Waals surface area contributed by atoms with Gasteiger partial charge in [-0.2, -0.15) is 8.42 Å². The fourth-order valence-corrected chi connectivity index (χ4v) is 17.3. The molecule has 776 valence electrons. The molecule has 10 rings (SSSR count). The Morgan fingerprint density at radius 2 is 0.716 bits per heavy atom. The number of aliphatic hydroxyl groups is 29. The van der Waals surface area contributed by atoms with Gasteiger partial charge < -0.3 is 264 Å². The second-order valence-corrected chi connectivity index (χ2v) is 34.0. The zero-order chi connectivity index (χ0) is 99.2. The van der Waals surface area contributed by atoms with Gasteiger partial charge in [-0.25, -0.2) is 8.98 Å². The molecule has 10 heterocycles. The van der Waals surface area contributed by atoms with Crippen molar-refractivity contribution in [3.05, 3.63) is 0 Å². The van der Waals surface area contributed by atoms with E-state index in [0.717, 1.165) is 20.8 Å². The molecule has 10 saturated heterocycles. The molecule has 62 nitrogen and oxygen atoms in total. The number of carboxylic acid groups (broad SMARTS) is 1. The molecule has 51 atom stereocenters. The molecule has 134 heavy (non-hydrogen) atoms. The Hall–Kier alpha value is -4.70. The Kier molecular flexibility index (Phi) is 39.8. The van der Waals surface area contributed by atoms with Gasteiger partial charge in [0.25, 0.3) is 5.79 Å². The van der Waals surface area contributed by atoms with Crippen LogP contribution < -0.4 is 21.3 Å². The maximum atomic E-state index is 13.6. The van der Waals surface area contributed by atoms with Crippen LogP contribution in [0, 0.1) is 0 Å². The molecule has 10 aliphatic heterocycles. The normalized spacial score (nSPS) is 46.9. The SMILES string of the molecule is CC(=O)N[C@@H]1[C@@H](O)[C@H](O[C@@H]2O[C@H](CO)[C@@H](O[C@@H]3O[C@H](CO[C@H]4O[C@H](CO[C@H]5O[C@H](CO)[C@@H](O)[C@H](O)[C@@H]5O)[C@@H](O)[C@H](O[C@H]5O[C@H](CO)[C@@H](O)[C@H](O)[C@@H]5O)[C@@H]4O)[C@@H](O)[C@H](O[C@H]4O[C@H](CO)[C@@H](O)[C@H](O)[C@@H]4O[C@@H]4O[C@H](CO)[C@@H](O)[C@H](O[C@@H]5O[C@H](CO)[C@H](OS(=O)(=O)O)[C@H](O[C@]6(C(=O)O)C[C@H](O)[C@@H](NC(=O)CO)[C@H]([C@H](O)[C@H](O)CO)O6)[C@H]5O)[C@H]4NC(C)=O)[C@@H]3O)[C@H](O)[C@H]2NC(C)=O)[C@@H](CO)O[C@H]1O. The van der Waals surface area contributed by atoms with Gasteiger partial charge in [-0.15, -0.1) is 0 Å². The first kappa shape index (κ1) is 111. The van der Waals surface area contributed by atoms with Crippen molar-refractivity contribution in [3.8, 4) is 0 Å². The van der Waals surface area contributed by atoms with Crippen molar-refractivity contribution in [2.24, 2.45) is 0 Å². The second-order valence-electron chi connectivity index (χ2n) is 33.0. The average Bonchev–Trinajstić information content (AvgIpc) is 0.749. The third kappa shape index (κ3) is 24.9. The monoisotopic (exact) mass is 1990 g/mol. The summed E-state index contributed by atoms with van der Waals surface area (Å²) in [6.45, 7) is -11.2. The van der Waals surface area contributed by atoms with E-state index in [4.69, 9.17) is 94.2 Å². The minimum Gasteiger partial charge on any atom is -0.477 e.